The summed E-state index contributed by atoms with van der Waals surface area (Å²) < 4.78 is 0. The van der Waals surface area contributed by atoms with Gasteiger partial charge in [-0.1, -0.05) is 19.9 Å². The molecule has 17 heavy (non-hydrogen) atoms. The van der Waals surface area contributed by atoms with Gasteiger partial charge in [-0.15, -0.1) is 11.8 Å². The molecule has 0 aromatic heterocycles. The summed E-state index contributed by atoms with van der Waals surface area (Å²) in [6.45, 7) is 4.21. The lowest BCUT2D eigenvalue weighted by molar-refractivity contribution is -0.113. The molecule has 1 N–H and O–H groups in total. The Hall–Kier alpha value is -1.47. The minimum atomic E-state index is -0.0228. The van der Waals surface area contributed by atoms with Gasteiger partial charge in [0, 0.05) is 10.9 Å². The molecule has 0 saturated heterocycles. The van der Waals surface area contributed by atoms with Gasteiger partial charge in [0.15, 0.2) is 0 Å². The van der Waals surface area contributed by atoms with Gasteiger partial charge in [-0.3, -0.25) is 4.79 Å². The van der Waals surface area contributed by atoms with Gasteiger partial charge in [0.1, 0.15) is 0 Å². The van der Waals surface area contributed by atoms with E-state index in [0.717, 1.165) is 6.42 Å². The number of nitriles is 1. The number of hydrogen-bond acceptors (Lipinski definition) is 3. The molecular weight excluding hydrogens is 232 g/mol. The molecule has 1 aromatic carbocycles. The molecule has 0 spiro atoms. The molecule has 1 rings (SSSR count). The Morgan fingerprint density at radius 3 is 3.00 bits per heavy atom. The second-order valence-electron chi connectivity index (χ2n) is 3.77. The number of amides is 1. The SMILES string of the molecule is CCC(C)SCC(=O)Nc1cccc(C#N)c1. The smallest absolute Gasteiger partial charge is 0.234 e. The predicted molar refractivity (Wildman–Crippen MR) is 72.0 cm³/mol. The fourth-order valence-corrected chi connectivity index (χ4v) is 1.94. The first kappa shape index (κ1) is 13.6. The van der Waals surface area contributed by atoms with E-state index in [1.165, 1.54) is 0 Å². The molecule has 90 valence electrons. The summed E-state index contributed by atoms with van der Waals surface area (Å²) >= 11 is 1.64. The molecule has 0 saturated carbocycles. The Morgan fingerprint density at radius 2 is 2.35 bits per heavy atom. The molecule has 1 unspecified atom stereocenters. The number of carbonyl (C=O) groups excluding carboxylic acids is 1. The van der Waals surface area contributed by atoms with Crippen molar-refractivity contribution in [1.82, 2.24) is 0 Å². The van der Waals surface area contributed by atoms with E-state index in [1.807, 2.05) is 6.07 Å². The third kappa shape index (κ3) is 4.92. The van der Waals surface area contributed by atoms with Gasteiger partial charge in [0.2, 0.25) is 5.91 Å². The zero-order valence-electron chi connectivity index (χ0n) is 10.1. The van der Waals surface area contributed by atoms with Crippen LogP contribution in [0.1, 0.15) is 25.8 Å². The highest BCUT2D eigenvalue weighted by Crippen LogP contribution is 2.15. The molecule has 0 aliphatic heterocycles. The summed E-state index contributed by atoms with van der Waals surface area (Å²) in [5.74, 6) is 0.427. The lowest BCUT2D eigenvalue weighted by Crippen LogP contribution is -2.15. The number of hydrogen-bond donors (Lipinski definition) is 1. The first-order valence-electron chi connectivity index (χ1n) is 5.57. The van der Waals surface area contributed by atoms with Crippen molar-refractivity contribution in [2.45, 2.75) is 25.5 Å². The van der Waals surface area contributed by atoms with Crippen LogP contribution >= 0.6 is 11.8 Å². The molecule has 0 aliphatic carbocycles. The number of thioether (sulfide) groups is 1. The number of anilines is 1. The van der Waals surface area contributed by atoms with Crippen molar-refractivity contribution in [3.8, 4) is 6.07 Å². The maximum atomic E-state index is 11.6. The van der Waals surface area contributed by atoms with Gasteiger partial charge in [-0.25, -0.2) is 0 Å². The molecule has 1 atom stereocenters. The average molecular weight is 248 g/mol. The molecule has 0 heterocycles. The van der Waals surface area contributed by atoms with E-state index in [2.05, 4.69) is 19.2 Å². The maximum Gasteiger partial charge on any atom is 0.234 e. The van der Waals surface area contributed by atoms with Crippen LogP contribution in [0.25, 0.3) is 0 Å². The number of carbonyl (C=O) groups is 1. The van der Waals surface area contributed by atoms with Crippen LogP contribution < -0.4 is 5.32 Å². The van der Waals surface area contributed by atoms with Gasteiger partial charge < -0.3 is 5.32 Å². The van der Waals surface area contributed by atoms with Crippen LogP contribution in [0.3, 0.4) is 0 Å². The minimum Gasteiger partial charge on any atom is -0.325 e. The molecule has 4 heteroatoms. The summed E-state index contributed by atoms with van der Waals surface area (Å²) in [7, 11) is 0. The van der Waals surface area contributed by atoms with E-state index in [4.69, 9.17) is 5.26 Å². The summed E-state index contributed by atoms with van der Waals surface area (Å²) in [6, 6.07) is 8.97. The molecule has 1 amide bonds. The van der Waals surface area contributed by atoms with E-state index >= 15 is 0 Å². The number of nitrogens with one attached hydrogen (secondary N) is 1. The highest BCUT2D eigenvalue weighted by atomic mass is 32.2. The number of rotatable bonds is 5. The number of benzene rings is 1. The second kappa shape index (κ2) is 6.97. The van der Waals surface area contributed by atoms with E-state index < -0.39 is 0 Å². The van der Waals surface area contributed by atoms with Crippen molar-refractivity contribution < 1.29 is 4.79 Å². The normalized spacial score (nSPS) is 11.6. The Kier molecular flexibility index (Phi) is 5.58. The Morgan fingerprint density at radius 1 is 1.59 bits per heavy atom. The van der Waals surface area contributed by atoms with Crippen LogP contribution in [0.5, 0.6) is 0 Å². The molecule has 0 radical (unpaired) electrons. The Bertz CT molecular complexity index is 426. The van der Waals surface area contributed by atoms with Crippen molar-refractivity contribution >= 4 is 23.4 Å². The van der Waals surface area contributed by atoms with Gasteiger partial charge in [-0.05, 0) is 24.6 Å². The zero-order chi connectivity index (χ0) is 12.7. The Labute approximate surface area is 106 Å². The van der Waals surface area contributed by atoms with Crippen LogP contribution in [0.15, 0.2) is 24.3 Å². The summed E-state index contributed by atoms with van der Waals surface area (Å²) in [5, 5.41) is 12.0. The first-order valence-corrected chi connectivity index (χ1v) is 6.62. The highest BCUT2D eigenvalue weighted by molar-refractivity contribution is 8.00. The second-order valence-corrected chi connectivity index (χ2v) is 5.20. The highest BCUT2D eigenvalue weighted by Gasteiger charge is 2.06. The van der Waals surface area contributed by atoms with Crippen molar-refractivity contribution in [3.63, 3.8) is 0 Å². The van der Waals surface area contributed by atoms with E-state index in [-0.39, 0.29) is 5.91 Å². The van der Waals surface area contributed by atoms with Gasteiger partial charge >= 0.3 is 0 Å². The molecule has 0 aliphatic rings. The van der Waals surface area contributed by atoms with Crippen molar-refractivity contribution in [1.29, 1.82) is 5.26 Å². The summed E-state index contributed by atoms with van der Waals surface area (Å²) in [5.41, 5.74) is 1.23. The van der Waals surface area contributed by atoms with Crippen LogP contribution in [-0.4, -0.2) is 16.9 Å². The maximum absolute atomic E-state index is 11.6. The minimum absolute atomic E-state index is 0.0228. The average Bonchev–Trinajstić information content (AvgIpc) is 2.36. The lowest BCUT2D eigenvalue weighted by Gasteiger charge is -2.08. The van der Waals surface area contributed by atoms with Crippen LogP contribution in [0.2, 0.25) is 0 Å². The summed E-state index contributed by atoms with van der Waals surface area (Å²) in [6.07, 6.45) is 1.06. The van der Waals surface area contributed by atoms with E-state index in [1.54, 1.807) is 36.0 Å². The first-order chi connectivity index (χ1) is 8.15. The van der Waals surface area contributed by atoms with E-state index in [9.17, 15) is 4.79 Å². The fourth-order valence-electron chi connectivity index (χ4n) is 1.20. The largest absolute Gasteiger partial charge is 0.325 e. The zero-order valence-corrected chi connectivity index (χ0v) is 10.9. The standard InChI is InChI=1S/C13H16N2OS/c1-3-10(2)17-9-13(16)15-12-6-4-5-11(7-12)8-14/h4-7,10H,3,9H2,1-2H3,(H,15,16). The molecule has 3 nitrogen and oxygen atoms in total. The van der Waals surface area contributed by atoms with Crippen LogP contribution in [0, 0.1) is 11.3 Å². The topological polar surface area (TPSA) is 52.9 Å². The lowest BCUT2D eigenvalue weighted by atomic mass is 10.2. The quantitative estimate of drug-likeness (QED) is 0.871. The third-order valence-corrected chi connectivity index (χ3v) is 3.68. The van der Waals surface area contributed by atoms with Gasteiger partial charge in [-0.2, -0.15) is 5.26 Å². The molecular formula is C13H16N2OS. The molecule has 1 aromatic rings. The van der Waals surface area contributed by atoms with Crippen LogP contribution in [-0.2, 0) is 4.79 Å². The summed E-state index contributed by atoms with van der Waals surface area (Å²) in [4.78, 5) is 11.6. The monoisotopic (exact) mass is 248 g/mol. The number of nitrogens with zero attached hydrogens (tertiary/aromatic N) is 1. The predicted octanol–water partition coefficient (Wildman–Crippen LogP) is 3.03. The van der Waals surface area contributed by atoms with Crippen molar-refractivity contribution in [2.24, 2.45) is 0 Å². The van der Waals surface area contributed by atoms with E-state index in [0.29, 0.717) is 22.3 Å². The molecule has 0 fully saturated rings. The molecule has 0 bridgehead atoms. The fraction of sp³-hybridized carbons (Fsp3) is 0.385. The third-order valence-electron chi connectivity index (χ3n) is 2.35. The van der Waals surface area contributed by atoms with Crippen LogP contribution in [0.4, 0.5) is 5.69 Å². The van der Waals surface area contributed by atoms with Crippen molar-refractivity contribution in [2.75, 3.05) is 11.1 Å². The van der Waals surface area contributed by atoms with Gasteiger partial charge in [0.25, 0.3) is 0 Å². The van der Waals surface area contributed by atoms with Gasteiger partial charge in [0.05, 0.1) is 17.4 Å². The Balaban J connectivity index is 2.48. The van der Waals surface area contributed by atoms with Crippen molar-refractivity contribution in [3.05, 3.63) is 29.8 Å².